The topological polar surface area (TPSA) is 63.3 Å². The minimum absolute atomic E-state index is 0.250. The lowest BCUT2D eigenvalue weighted by molar-refractivity contribution is -0.122. The van der Waals surface area contributed by atoms with Crippen molar-refractivity contribution in [3.8, 4) is 0 Å². The zero-order chi connectivity index (χ0) is 7.11. The van der Waals surface area contributed by atoms with E-state index in [0.29, 0.717) is 0 Å². The van der Waals surface area contributed by atoms with Crippen LogP contribution >= 0.6 is 11.3 Å². The number of rotatable bonds is 0. The molecule has 3 nitrogen and oxygen atoms in total. The van der Waals surface area contributed by atoms with Crippen LogP contribution in [0.5, 0.6) is 0 Å². The summed E-state index contributed by atoms with van der Waals surface area (Å²) in [6, 6.07) is 3.81. The van der Waals surface area contributed by atoms with Gasteiger partial charge in [0.15, 0.2) is 0 Å². The first-order valence-electron chi connectivity index (χ1n) is 2.18. The van der Waals surface area contributed by atoms with Gasteiger partial charge in [-0.25, -0.2) is 0 Å². The number of nitrogen functional groups attached to an aromatic ring is 1. The first kappa shape index (κ1) is 7.97. The van der Waals surface area contributed by atoms with E-state index in [9.17, 15) is 0 Å². The van der Waals surface area contributed by atoms with Gasteiger partial charge in [0, 0.05) is 0 Å². The van der Waals surface area contributed by atoms with Crippen molar-refractivity contribution in [3.63, 3.8) is 0 Å². The van der Waals surface area contributed by atoms with E-state index in [1.807, 2.05) is 17.5 Å². The van der Waals surface area contributed by atoms with E-state index in [4.69, 9.17) is 15.6 Å². The molecule has 0 aliphatic heterocycles. The van der Waals surface area contributed by atoms with E-state index < -0.39 is 0 Å². The van der Waals surface area contributed by atoms with Gasteiger partial charge in [0.25, 0.3) is 6.47 Å². The highest BCUT2D eigenvalue weighted by Crippen LogP contribution is 2.07. The summed E-state index contributed by atoms with van der Waals surface area (Å²) in [6.07, 6.45) is 0. The number of carboxylic acid groups (broad SMARTS) is 1. The molecule has 0 atom stereocenters. The first-order valence-corrected chi connectivity index (χ1v) is 3.06. The second-order valence-corrected chi connectivity index (χ2v) is 2.10. The van der Waals surface area contributed by atoms with Gasteiger partial charge in [-0.1, -0.05) is 0 Å². The van der Waals surface area contributed by atoms with Gasteiger partial charge in [-0.3, -0.25) is 4.79 Å². The Morgan fingerprint density at radius 1 is 1.78 bits per heavy atom. The summed E-state index contributed by atoms with van der Waals surface area (Å²) >= 11 is 1.56. The van der Waals surface area contributed by atoms with E-state index in [2.05, 4.69) is 0 Å². The standard InChI is InChI=1S/C4H5NS.CH2O2/c5-4-2-1-3-6-4;2-1-3/h1-3H,5H2;1H,(H,2,3). The summed E-state index contributed by atoms with van der Waals surface area (Å²) in [5.41, 5.74) is 5.30. The average Bonchev–Trinajstić information content (AvgIpc) is 2.20. The first-order chi connectivity index (χ1) is 4.31. The van der Waals surface area contributed by atoms with Crippen LogP contribution in [-0.4, -0.2) is 11.6 Å². The lowest BCUT2D eigenvalue weighted by Gasteiger charge is -1.68. The quantitative estimate of drug-likeness (QED) is 0.536. The van der Waals surface area contributed by atoms with Crippen molar-refractivity contribution in [2.75, 3.05) is 5.73 Å². The van der Waals surface area contributed by atoms with Gasteiger partial charge in [-0.05, 0) is 17.5 Å². The highest BCUT2D eigenvalue weighted by atomic mass is 32.1. The Morgan fingerprint density at radius 2 is 2.33 bits per heavy atom. The zero-order valence-electron chi connectivity index (χ0n) is 4.65. The molecule has 0 aromatic carbocycles. The van der Waals surface area contributed by atoms with Crippen LogP contribution < -0.4 is 5.73 Å². The van der Waals surface area contributed by atoms with Gasteiger partial charge in [0.05, 0.1) is 5.00 Å². The summed E-state index contributed by atoms with van der Waals surface area (Å²) < 4.78 is 0. The molecular formula is C5H7NO2S. The van der Waals surface area contributed by atoms with Gasteiger partial charge < -0.3 is 10.8 Å². The fourth-order valence-corrected chi connectivity index (χ4v) is 0.763. The predicted octanol–water partition coefficient (Wildman–Crippen LogP) is 1.03. The second kappa shape index (κ2) is 5.11. The third-order valence-electron chi connectivity index (χ3n) is 0.543. The Bertz CT molecular complexity index is 150. The monoisotopic (exact) mass is 145 g/mol. The summed E-state index contributed by atoms with van der Waals surface area (Å²) in [5, 5.41) is 9.73. The molecule has 0 saturated carbocycles. The van der Waals surface area contributed by atoms with Crippen LogP contribution in [0.15, 0.2) is 17.5 Å². The Balaban J connectivity index is 0.000000187. The van der Waals surface area contributed by atoms with Crippen LogP contribution in [0.2, 0.25) is 0 Å². The van der Waals surface area contributed by atoms with E-state index in [1.165, 1.54) is 0 Å². The third kappa shape index (κ3) is 4.83. The fourth-order valence-electron chi connectivity index (χ4n) is 0.291. The second-order valence-electron chi connectivity index (χ2n) is 1.12. The molecule has 50 valence electrons. The van der Waals surface area contributed by atoms with Crippen LogP contribution in [0, 0.1) is 0 Å². The van der Waals surface area contributed by atoms with Crippen LogP contribution in [0.4, 0.5) is 5.00 Å². The molecule has 0 spiro atoms. The van der Waals surface area contributed by atoms with Gasteiger partial charge in [-0.2, -0.15) is 0 Å². The van der Waals surface area contributed by atoms with Gasteiger partial charge in [-0.15, -0.1) is 11.3 Å². The molecule has 1 aromatic heterocycles. The maximum atomic E-state index is 8.36. The molecule has 0 aliphatic carbocycles. The molecule has 1 heterocycles. The Morgan fingerprint density at radius 3 is 2.44 bits per heavy atom. The van der Waals surface area contributed by atoms with Crippen LogP contribution in [-0.2, 0) is 4.79 Å². The normalized spacial score (nSPS) is 7.11. The molecule has 0 aliphatic rings. The lowest BCUT2D eigenvalue weighted by atomic mass is 10.6. The number of nitrogens with two attached hydrogens (primary N) is 1. The predicted molar refractivity (Wildman–Crippen MR) is 37.4 cm³/mol. The molecule has 0 unspecified atom stereocenters. The molecular weight excluding hydrogens is 138 g/mol. The van der Waals surface area contributed by atoms with Crippen molar-refractivity contribution < 1.29 is 9.90 Å². The number of anilines is 1. The summed E-state index contributed by atoms with van der Waals surface area (Å²) in [7, 11) is 0. The van der Waals surface area contributed by atoms with Crippen LogP contribution in [0.1, 0.15) is 0 Å². The van der Waals surface area contributed by atoms with Crippen molar-refractivity contribution >= 4 is 22.8 Å². The molecule has 1 aromatic rings. The third-order valence-corrected chi connectivity index (χ3v) is 1.24. The average molecular weight is 145 g/mol. The van der Waals surface area contributed by atoms with E-state index in [1.54, 1.807) is 11.3 Å². The minimum Gasteiger partial charge on any atom is -0.483 e. The van der Waals surface area contributed by atoms with E-state index >= 15 is 0 Å². The van der Waals surface area contributed by atoms with Gasteiger partial charge in [0.1, 0.15) is 0 Å². The summed E-state index contributed by atoms with van der Waals surface area (Å²) in [4.78, 5) is 8.36. The Kier molecular flexibility index (Phi) is 4.53. The highest BCUT2D eigenvalue weighted by molar-refractivity contribution is 7.13. The molecule has 0 fully saturated rings. The fraction of sp³-hybridized carbons (Fsp3) is 0. The van der Waals surface area contributed by atoms with Crippen LogP contribution in [0.25, 0.3) is 0 Å². The summed E-state index contributed by atoms with van der Waals surface area (Å²) in [6.45, 7) is -0.250. The molecule has 3 N–H and O–H groups in total. The molecule has 4 heteroatoms. The Labute approximate surface area is 56.7 Å². The molecule has 9 heavy (non-hydrogen) atoms. The SMILES string of the molecule is Nc1cccs1.O=CO. The van der Waals surface area contributed by atoms with E-state index in [0.717, 1.165) is 5.00 Å². The van der Waals surface area contributed by atoms with Crippen molar-refractivity contribution in [2.45, 2.75) is 0 Å². The largest absolute Gasteiger partial charge is 0.483 e. The smallest absolute Gasteiger partial charge is 0.290 e. The number of hydrogen-bond donors (Lipinski definition) is 2. The van der Waals surface area contributed by atoms with Crippen molar-refractivity contribution in [1.82, 2.24) is 0 Å². The Hall–Kier alpha value is -1.03. The molecule has 0 saturated heterocycles. The van der Waals surface area contributed by atoms with Gasteiger partial charge in [0.2, 0.25) is 0 Å². The van der Waals surface area contributed by atoms with Gasteiger partial charge >= 0.3 is 0 Å². The molecule has 0 radical (unpaired) electrons. The molecule has 0 bridgehead atoms. The molecule has 1 rings (SSSR count). The highest BCUT2D eigenvalue weighted by Gasteiger charge is 1.75. The number of hydrogen-bond acceptors (Lipinski definition) is 3. The summed E-state index contributed by atoms with van der Waals surface area (Å²) in [5.74, 6) is 0. The van der Waals surface area contributed by atoms with E-state index in [-0.39, 0.29) is 6.47 Å². The van der Waals surface area contributed by atoms with Crippen molar-refractivity contribution in [2.24, 2.45) is 0 Å². The maximum Gasteiger partial charge on any atom is 0.290 e. The zero-order valence-corrected chi connectivity index (χ0v) is 5.47. The molecule has 0 amide bonds. The number of carbonyl (C=O) groups is 1. The van der Waals surface area contributed by atoms with Crippen molar-refractivity contribution in [3.05, 3.63) is 17.5 Å². The number of thiophene rings is 1. The minimum atomic E-state index is -0.250. The maximum absolute atomic E-state index is 8.36. The lowest BCUT2D eigenvalue weighted by Crippen LogP contribution is -1.72. The van der Waals surface area contributed by atoms with Crippen molar-refractivity contribution in [1.29, 1.82) is 0 Å². The van der Waals surface area contributed by atoms with Crippen LogP contribution in [0.3, 0.4) is 0 Å².